The molecule has 0 unspecified atom stereocenters. The van der Waals surface area contributed by atoms with Crippen molar-refractivity contribution in [3.63, 3.8) is 0 Å². The number of hydrogen-bond donors (Lipinski definition) is 0. The molecule has 0 saturated heterocycles. The molecule has 0 bridgehead atoms. The maximum Gasteiger partial charge on any atom is 0.408 e. The summed E-state index contributed by atoms with van der Waals surface area (Å²) >= 11 is 0. The third kappa shape index (κ3) is 3.10. The molecule has 1 aromatic heterocycles. The lowest BCUT2D eigenvalue weighted by Crippen LogP contribution is -2.17. The first-order valence-corrected chi connectivity index (χ1v) is 5.18. The fourth-order valence-electron chi connectivity index (χ4n) is 1.63. The zero-order chi connectivity index (χ0) is 14.0. The van der Waals surface area contributed by atoms with Crippen molar-refractivity contribution in [2.24, 2.45) is 0 Å². The van der Waals surface area contributed by atoms with Gasteiger partial charge in [0.2, 0.25) is 0 Å². The number of nitriles is 1. The van der Waals surface area contributed by atoms with Crippen molar-refractivity contribution in [2.75, 3.05) is 0 Å². The van der Waals surface area contributed by atoms with Gasteiger partial charge in [-0.3, -0.25) is 4.68 Å². The molecule has 2 rings (SSSR count). The Balaban J connectivity index is 2.38. The van der Waals surface area contributed by atoms with Crippen LogP contribution in [-0.4, -0.2) is 16.0 Å². The van der Waals surface area contributed by atoms with Crippen molar-refractivity contribution in [3.8, 4) is 17.2 Å². The second kappa shape index (κ2) is 4.72. The molecule has 0 aliphatic heterocycles. The summed E-state index contributed by atoms with van der Waals surface area (Å²) in [5.41, 5.74) is 0.657. The molecule has 0 radical (unpaired) electrons. The van der Waals surface area contributed by atoms with Crippen LogP contribution in [-0.2, 0) is 6.54 Å². The number of rotatable bonds is 2. The third-order valence-electron chi connectivity index (χ3n) is 2.39. The van der Waals surface area contributed by atoms with Crippen molar-refractivity contribution in [2.45, 2.75) is 12.7 Å². The normalized spacial score (nSPS) is 11.3. The lowest BCUT2D eigenvalue weighted by atomic mass is 10.0. The Bertz CT molecular complexity index is 637. The first kappa shape index (κ1) is 13.1. The predicted octanol–water partition coefficient (Wildman–Crippen LogP) is 3.12. The van der Waals surface area contributed by atoms with Crippen molar-refractivity contribution in [3.05, 3.63) is 42.0 Å². The fraction of sp³-hybridized carbons (Fsp3) is 0.167. The second-order valence-corrected chi connectivity index (χ2v) is 3.84. The molecule has 0 N–H and O–H groups in total. The summed E-state index contributed by atoms with van der Waals surface area (Å²) in [5.74, 6) is -0.572. The number of benzene rings is 1. The molecular formula is C12H7F4N3. The van der Waals surface area contributed by atoms with Gasteiger partial charge in [-0.15, -0.1) is 0 Å². The Morgan fingerprint density at radius 2 is 2.05 bits per heavy atom. The SMILES string of the molecule is N#Cc1ccc(F)cc1-c1cnn(CC(F)(F)F)c1. The van der Waals surface area contributed by atoms with Gasteiger partial charge in [-0.05, 0) is 18.2 Å². The van der Waals surface area contributed by atoms with E-state index in [-0.39, 0.29) is 16.7 Å². The molecule has 0 atom stereocenters. The molecule has 98 valence electrons. The van der Waals surface area contributed by atoms with E-state index in [1.807, 2.05) is 6.07 Å². The summed E-state index contributed by atoms with van der Waals surface area (Å²) in [6.07, 6.45) is -2.09. The molecule has 19 heavy (non-hydrogen) atoms. The van der Waals surface area contributed by atoms with E-state index in [9.17, 15) is 17.6 Å². The van der Waals surface area contributed by atoms with E-state index in [0.29, 0.717) is 4.68 Å². The van der Waals surface area contributed by atoms with Crippen LogP contribution in [0.15, 0.2) is 30.6 Å². The molecule has 3 nitrogen and oxygen atoms in total. The highest BCUT2D eigenvalue weighted by Gasteiger charge is 2.28. The smallest absolute Gasteiger partial charge is 0.263 e. The first-order chi connectivity index (χ1) is 8.89. The molecule has 1 aromatic carbocycles. The summed E-state index contributed by atoms with van der Waals surface area (Å²) in [6.45, 7) is -1.23. The standard InChI is InChI=1S/C12H7F4N3/c13-10-2-1-8(4-17)11(3-10)9-5-18-19(6-9)7-12(14,15)16/h1-3,5-6H,7H2. The molecule has 7 heteroatoms. The molecule has 0 fully saturated rings. The first-order valence-electron chi connectivity index (χ1n) is 5.18. The van der Waals surface area contributed by atoms with Crippen molar-refractivity contribution >= 4 is 0 Å². The minimum absolute atomic E-state index is 0.174. The van der Waals surface area contributed by atoms with Gasteiger partial charge in [0.25, 0.3) is 0 Å². The number of halogens is 4. The number of nitrogens with zero attached hydrogens (tertiary/aromatic N) is 3. The maximum absolute atomic E-state index is 13.1. The Morgan fingerprint density at radius 3 is 2.68 bits per heavy atom. The monoisotopic (exact) mass is 269 g/mol. The van der Waals surface area contributed by atoms with Crippen molar-refractivity contribution in [1.29, 1.82) is 5.26 Å². The van der Waals surface area contributed by atoms with Gasteiger partial charge in [0.05, 0.1) is 17.8 Å². The van der Waals surface area contributed by atoms with E-state index in [2.05, 4.69) is 5.10 Å². The van der Waals surface area contributed by atoms with Gasteiger partial charge in [0.1, 0.15) is 12.4 Å². The van der Waals surface area contributed by atoms with Gasteiger partial charge in [0.15, 0.2) is 0 Å². The summed E-state index contributed by atoms with van der Waals surface area (Å²) in [5, 5.41) is 12.4. The van der Waals surface area contributed by atoms with Crippen LogP contribution in [0.5, 0.6) is 0 Å². The Morgan fingerprint density at radius 1 is 1.32 bits per heavy atom. The topological polar surface area (TPSA) is 41.6 Å². The lowest BCUT2D eigenvalue weighted by Gasteiger charge is -2.05. The molecule has 0 saturated carbocycles. The highest BCUT2D eigenvalue weighted by atomic mass is 19.4. The van der Waals surface area contributed by atoms with Crippen molar-refractivity contribution < 1.29 is 17.6 Å². The molecule has 0 spiro atoms. The molecule has 2 aromatic rings. The van der Waals surface area contributed by atoms with Crippen LogP contribution in [0.1, 0.15) is 5.56 Å². The predicted molar refractivity (Wildman–Crippen MR) is 58.4 cm³/mol. The minimum atomic E-state index is -4.39. The van der Waals surface area contributed by atoms with Gasteiger partial charge < -0.3 is 0 Å². The Hall–Kier alpha value is -2.36. The lowest BCUT2D eigenvalue weighted by molar-refractivity contribution is -0.142. The van der Waals surface area contributed by atoms with Crippen molar-refractivity contribution in [1.82, 2.24) is 9.78 Å². The van der Waals surface area contributed by atoms with Gasteiger partial charge in [-0.2, -0.15) is 23.5 Å². The maximum atomic E-state index is 13.1. The second-order valence-electron chi connectivity index (χ2n) is 3.84. The average molecular weight is 269 g/mol. The molecule has 0 aliphatic carbocycles. The highest BCUT2D eigenvalue weighted by molar-refractivity contribution is 5.69. The molecule has 0 amide bonds. The van der Waals surface area contributed by atoms with Gasteiger partial charge in [-0.25, -0.2) is 4.39 Å². The van der Waals surface area contributed by atoms with Gasteiger partial charge in [-0.1, -0.05) is 0 Å². The van der Waals surface area contributed by atoms with E-state index in [1.165, 1.54) is 12.3 Å². The Labute approximate surface area is 105 Å². The molecule has 1 heterocycles. The number of hydrogen-bond acceptors (Lipinski definition) is 2. The zero-order valence-electron chi connectivity index (χ0n) is 9.45. The Kier molecular flexibility index (Phi) is 3.25. The van der Waals surface area contributed by atoms with Crippen LogP contribution >= 0.6 is 0 Å². The summed E-state index contributed by atoms with van der Waals surface area (Å²) in [7, 11) is 0. The van der Waals surface area contributed by atoms with Crippen LogP contribution in [0.2, 0.25) is 0 Å². The molecule has 0 aliphatic rings. The molecular weight excluding hydrogens is 262 g/mol. The van der Waals surface area contributed by atoms with Crippen LogP contribution in [0.25, 0.3) is 11.1 Å². The quantitative estimate of drug-likeness (QED) is 0.786. The van der Waals surface area contributed by atoms with E-state index in [4.69, 9.17) is 5.26 Å². The van der Waals surface area contributed by atoms with Crippen LogP contribution < -0.4 is 0 Å². The van der Waals surface area contributed by atoms with E-state index >= 15 is 0 Å². The van der Waals surface area contributed by atoms with E-state index < -0.39 is 18.5 Å². The number of alkyl halides is 3. The van der Waals surface area contributed by atoms with Gasteiger partial charge >= 0.3 is 6.18 Å². The number of aromatic nitrogens is 2. The van der Waals surface area contributed by atoms with E-state index in [0.717, 1.165) is 18.3 Å². The van der Waals surface area contributed by atoms with Crippen LogP contribution in [0.3, 0.4) is 0 Å². The van der Waals surface area contributed by atoms with Gasteiger partial charge in [0, 0.05) is 17.3 Å². The summed E-state index contributed by atoms with van der Waals surface area (Å²) in [4.78, 5) is 0. The summed E-state index contributed by atoms with van der Waals surface area (Å²) in [6, 6.07) is 5.33. The van der Waals surface area contributed by atoms with Crippen LogP contribution in [0.4, 0.5) is 17.6 Å². The average Bonchev–Trinajstić information content (AvgIpc) is 2.75. The fourth-order valence-corrected chi connectivity index (χ4v) is 1.63. The largest absolute Gasteiger partial charge is 0.408 e. The summed E-state index contributed by atoms with van der Waals surface area (Å²) < 4.78 is 50.4. The highest BCUT2D eigenvalue weighted by Crippen LogP contribution is 2.25. The van der Waals surface area contributed by atoms with Crippen LogP contribution in [0, 0.1) is 17.1 Å². The zero-order valence-corrected chi connectivity index (χ0v) is 9.45. The third-order valence-corrected chi connectivity index (χ3v) is 2.39. The minimum Gasteiger partial charge on any atom is -0.263 e. The van der Waals surface area contributed by atoms with E-state index in [1.54, 1.807) is 0 Å².